The van der Waals surface area contributed by atoms with Crippen LogP contribution in [0.1, 0.15) is 21.5 Å². The number of hydrogen-bond donors (Lipinski definition) is 1. The SMILES string of the molecule is COc1cccc(Cn2nccc2NC(=O)c2ccc(C)c(F)c2)c1OC. The van der Waals surface area contributed by atoms with Crippen LogP contribution in [-0.4, -0.2) is 29.9 Å². The molecule has 140 valence electrons. The summed E-state index contributed by atoms with van der Waals surface area (Å²) in [5.41, 5.74) is 1.57. The number of nitrogens with one attached hydrogen (secondary N) is 1. The van der Waals surface area contributed by atoms with E-state index in [1.807, 2.05) is 12.1 Å². The maximum atomic E-state index is 13.7. The molecule has 1 heterocycles. The Labute approximate surface area is 156 Å². The topological polar surface area (TPSA) is 65.4 Å². The van der Waals surface area contributed by atoms with Gasteiger partial charge in [-0.15, -0.1) is 0 Å². The first kappa shape index (κ1) is 18.4. The van der Waals surface area contributed by atoms with Gasteiger partial charge in [0.1, 0.15) is 11.6 Å². The van der Waals surface area contributed by atoms with E-state index >= 15 is 0 Å². The van der Waals surface area contributed by atoms with Gasteiger partial charge in [0.15, 0.2) is 11.5 Å². The predicted octanol–water partition coefficient (Wildman–Crippen LogP) is 3.65. The summed E-state index contributed by atoms with van der Waals surface area (Å²) in [6, 6.07) is 11.6. The Morgan fingerprint density at radius 2 is 2.00 bits per heavy atom. The molecule has 0 spiro atoms. The van der Waals surface area contributed by atoms with Crippen molar-refractivity contribution in [3.63, 3.8) is 0 Å². The molecule has 3 rings (SSSR count). The molecule has 2 aromatic carbocycles. The van der Waals surface area contributed by atoms with Gasteiger partial charge in [0.2, 0.25) is 0 Å². The van der Waals surface area contributed by atoms with E-state index in [1.54, 1.807) is 56.3 Å². The molecule has 0 saturated heterocycles. The smallest absolute Gasteiger partial charge is 0.256 e. The Morgan fingerprint density at radius 3 is 2.70 bits per heavy atom. The molecule has 0 saturated carbocycles. The van der Waals surface area contributed by atoms with Crippen molar-refractivity contribution in [1.82, 2.24) is 9.78 Å². The summed E-state index contributed by atoms with van der Waals surface area (Å²) < 4.78 is 26.1. The maximum Gasteiger partial charge on any atom is 0.256 e. The fourth-order valence-corrected chi connectivity index (χ4v) is 2.73. The summed E-state index contributed by atoms with van der Waals surface area (Å²) in [5.74, 6) is 0.882. The van der Waals surface area contributed by atoms with E-state index in [0.29, 0.717) is 29.4 Å². The number of carbonyl (C=O) groups is 1. The lowest BCUT2D eigenvalue weighted by molar-refractivity contribution is 0.102. The van der Waals surface area contributed by atoms with Crippen LogP contribution >= 0.6 is 0 Å². The van der Waals surface area contributed by atoms with Gasteiger partial charge in [0.05, 0.1) is 27.0 Å². The summed E-state index contributed by atoms with van der Waals surface area (Å²) >= 11 is 0. The van der Waals surface area contributed by atoms with Crippen molar-refractivity contribution in [2.24, 2.45) is 0 Å². The van der Waals surface area contributed by atoms with E-state index in [2.05, 4.69) is 10.4 Å². The van der Waals surface area contributed by atoms with Crippen molar-refractivity contribution in [3.05, 3.63) is 71.2 Å². The second kappa shape index (κ2) is 7.90. The van der Waals surface area contributed by atoms with Crippen LogP contribution in [-0.2, 0) is 6.54 Å². The van der Waals surface area contributed by atoms with Gasteiger partial charge >= 0.3 is 0 Å². The van der Waals surface area contributed by atoms with Crippen LogP contribution in [0.5, 0.6) is 11.5 Å². The summed E-state index contributed by atoms with van der Waals surface area (Å²) in [6.07, 6.45) is 1.58. The van der Waals surface area contributed by atoms with Gasteiger partial charge in [-0.1, -0.05) is 18.2 Å². The van der Waals surface area contributed by atoms with Crippen LogP contribution in [0.4, 0.5) is 10.2 Å². The second-order valence-corrected chi connectivity index (χ2v) is 5.94. The van der Waals surface area contributed by atoms with Gasteiger partial charge in [0.25, 0.3) is 5.91 Å². The Morgan fingerprint density at radius 1 is 1.19 bits per heavy atom. The number of aromatic nitrogens is 2. The molecule has 1 amide bonds. The quantitative estimate of drug-likeness (QED) is 0.720. The van der Waals surface area contributed by atoms with Crippen molar-refractivity contribution in [3.8, 4) is 11.5 Å². The molecule has 1 aromatic heterocycles. The van der Waals surface area contributed by atoms with Gasteiger partial charge in [-0.05, 0) is 30.7 Å². The fourth-order valence-electron chi connectivity index (χ4n) is 2.73. The Bertz CT molecular complexity index is 969. The first-order chi connectivity index (χ1) is 13.0. The van der Waals surface area contributed by atoms with Crippen molar-refractivity contribution < 1.29 is 18.7 Å². The van der Waals surface area contributed by atoms with Crippen LogP contribution < -0.4 is 14.8 Å². The van der Waals surface area contributed by atoms with Crippen LogP contribution in [0.25, 0.3) is 0 Å². The van der Waals surface area contributed by atoms with Gasteiger partial charge in [-0.3, -0.25) is 4.79 Å². The van der Waals surface area contributed by atoms with Crippen molar-refractivity contribution >= 4 is 11.7 Å². The average molecular weight is 369 g/mol. The number of ether oxygens (including phenoxy) is 2. The second-order valence-electron chi connectivity index (χ2n) is 5.94. The summed E-state index contributed by atoms with van der Waals surface area (Å²) in [5, 5.41) is 7.01. The largest absolute Gasteiger partial charge is 0.493 e. The van der Waals surface area contributed by atoms with Gasteiger partial charge in [-0.25, -0.2) is 9.07 Å². The number of nitrogens with zero attached hydrogens (tertiary/aromatic N) is 2. The lowest BCUT2D eigenvalue weighted by Gasteiger charge is -2.14. The Balaban J connectivity index is 1.82. The third kappa shape index (κ3) is 3.92. The zero-order chi connectivity index (χ0) is 19.4. The molecule has 27 heavy (non-hydrogen) atoms. The molecular formula is C20H20FN3O3. The lowest BCUT2D eigenvalue weighted by Crippen LogP contribution is -2.16. The molecule has 7 heteroatoms. The lowest BCUT2D eigenvalue weighted by atomic mass is 10.1. The number of rotatable bonds is 6. The highest BCUT2D eigenvalue weighted by molar-refractivity contribution is 6.03. The van der Waals surface area contributed by atoms with E-state index in [9.17, 15) is 9.18 Å². The van der Waals surface area contributed by atoms with Crippen molar-refractivity contribution in [2.45, 2.75) is 13.5 Å². The number of hydrogen-bond acceptors (Lipinski definition) is 4. The van der Waals surface area contributed by atoms with Crippen LogP contribution in [0.15, 0.2) is 48.7 Å². The number of aryl methyl sites for hydroxylation is 1. The number of carbonyl (C=O) groups excluding carboxylic acids is 1. The number of para-hydroxylation sites is 1. The number of anilines is 1. The summed E-state index contributed by atoms with van der Waals surface area (Å²) in [4.78, 5) is 12.4. The molecule has 0 fully saturated rings. The normalized spacial score (nSPS) is 10.5. The first-order valence-electron chi connectivity index (χ1n) is 8.32. The molecule has 0 aliphatic rings. The van der Waals surface area contributed by atoms with Crippen LogP contribution in [0.2, 0.25) is 0 Å². The van der Waals surface area contributed by atoms with Gasteiger partial charge < -0.3 is 14.8 Å². The number of methoxy groups -OCH3 is 2. The molecule has 0 unspecified atom stereocenters. The number of benzene rings is 2. The minimum absolute atomic E-state index is 0.241. The minimum Gasteiger partial charge on any atom is -0.493 e. The van der Waals surface area contributed by atoms with Crippen LogP contribution in [0, 0.1) is 12.7 Å². The molecule has 0 atom stereocenters. The third-order valence-electron chi connectivity index (χ3n) is 4.20. The highest BCUT2D eigenvalue weighted by atomic mass is 19.1. The highest BCUT2D eigenvalue weighted by Crippen LogP contribution is 2.31. The van der Waals surface area contributed by atoms with Crippen molar-refractivity contribution in [1.29, 1.82) is 0 Å². The van der Waals surface area contributed by atoms with E-state index < -0.39 is 11.7 Å². The maximum absolute atomic E-state index is 13.7. The van der Waals surface area contributed by atoms with Crippen molar-refractivity contribution in [2.75, 3.05) is 19.5 Å². The molecule has 0 aliphatic carbocycles. The van der Waals surface area contributed by atoms with Gasteiger partial charge in [-0.2, -0.15) is 5.10 Å². The zero-order valence-corrected chi connectivity index (χ0v) is 15.3. The molecular weight excluding hydrogens is 349 g/mol. The highest BCUT2D eigenvalue weighted by Gasteiger charge is 2.14. The standard InChI is InChI=1S/C20H20FN3O3/c1-13-7-8-14(11-16(13)21)20(25)23-18-9-10-22-24(18)12-15-5-4-6-17(26-2)19(15)27-3/h4-11H,12H2,1-3H3,(H,23,25). The molecule has 3 aromatic rings. The molecule has 0 bridgehead atoms. The predicted molar refractivity (Wildman–Crippen MR) is 100.0 cm³/mol. The van der Waals surface area contributed by atoms with E-state index in [0.717, 1.165) is 5.56 Å². The first-order valence-corrected chi connectivity index (χ1v) is 8.32. The Hall–Kier alpha value is -3.35. The molecule has 0 radical (unpaired) electrons. The summed E-state index contributed by atoms with van der Waals surface area (Å²) in [7, 11) is 3.14. The van der Waals surface area contributed by atoms with E-state index in [-0.39, 0.29) is 5.56 Å². The van der Waals surface area contributed by atoms with E-state index in [1.165, 1.54) is 6.07 Å². The summed E-state index contributed by atoms with van der Waals surface area (Å²) in [6.45, 7) is 2.01. The van der Waals surface area contributed by atoms with Crippen LogP contribution in [0.3, 0.4) is 0 Å². The average Bonchev–Trinajstić information content (AvgIpc) is 3.10. The monoisotopic (exact) mass is 369 g/mol. The third-order valence-corrected chi connectivity index (χ3v) is 4.20. The fraction of sp³-hybridized carbons (Fsp3) is 0.200. The minimum atomic E-state index is -0.419. The van der Waals surface area contributed by atoms with E-state index in [4.69, 9.17) is 9.47 Å². The number of halogens is 1. The molecule has 6 nitrogen and oxygen atoms in total. The molecule has 1 N–H and O–H groups in total. The number of amides is 1. The van der Waals surface area contributed by atoms with Gasteiger partial charge in [0, 0.05) is 17.2 Å². The Kier molecular flexibility index (Phi) is 5.40. The zero-order valence-electron chi connectivity index (χ0n) is 15.3. The molecule has 0 aliphatic heterocycles.